The van der Waals surface area contributed by atoms with Crippen molar-refractivity contribution in [3.63, 3.8) is 0 Å². The van der Waals surface area contributed by atoms with E-state index in [0.717, 1.165) is 62.0 Å². The molecule has 4 aliphatic carbocycles. The van der Waals surface area contributed by atoms with E-state index in [1.807, 2.05) is 30.3 Å². The summed E-state index contributed by atoms with van der Waals surface area (Å²) in [6.07, 6.45) is 9.52. The minimum Gasteiger partial charge on any atom is -0.454 e. The van der Waals surface area contributed by atoms with Gasteiger partial charge in [0, 0.05) is 34.1 Å². The fraction of sp³-hybridized carbons (Fsp3) is 0.394. The van der Waals surface area contributed by atoms with Crippen LogP contribution in [0.3, 0.4) is 0 Å². The number of ether oxygens (including phenoxy) is 2. The zero-order valence-electron chi connectivity index (χ0n) is 23.4. The fourth-order valence-corrected chi connectivity index (χ4v) is 9.90. The third-order valence-corrected chi connectivity index (χ3v) is 11.4. The lowest BCUT2D eigenvalue weighted by molar-refractivity contribution is -0.114. The van der Waals surface area contributed by atoms with E-state index in [4.69, 9.17) is 20.0 Å². The molecule has 0 saturated heterocycles. The second kappa shape index (κ2) is 8.83. The molecule has 1 aromatic heterocycles. The van der Waals surface area contributed by atoms with E-state index in [0.29, 0.717) is 11.7 Å². The van der Waals surface area contributed by atoms with Crippen LogP contribution >= 0.6 is 11.8 Å². The van der Waals surface area contributed by atoms with Gasteiger partial charge in [0.25, 0.3) is 5.91 Å². The normalized spacial score (nSPS) is 30.0. The number of carbonyl (C=O) groups excluding carboxylic acids is 1. The Labute approximate surface area is 248 Å². The lowest BCUT2D eigenvalue weighted by Crippen LogP contribution is -2.49. The van der Waals surface area contributed by atoms with Crippen LogP contribution in [0.5, 0.6) is 11.5 Å². The van der Waals surface area contributed by atoms with Crippen LogP contribution in [0.4, 0.5) is 0 Å². The van der Waals surface area contributed by atoms with E-state index in [2.05, 4.69) is 34.7 Å². The summed E-state index contributed by atoms with van der Waals surface area (Å²) in [5, 5.41) is 18.4. The number of aromatic nitrogens is 1. The molecule has 4 bridgehead atoms. The molecule has 9 heteroatoms. The zero-order chi connectivity index (χ0) is 28.2. The van der Waals surface area contributed by atoms with E-state index in [1.54, 1.807) is 5.01 Å². The highest BCUT2D eigenvalue weighted by molar-refractivity contribution is 8.27. The molecule has 1 amide bonds. The van der Waals surface area contributed by atoms with Gasteiger partial charge >= 0.3 is 0 Å². The number of hydrogen-bond donors (Lipinski definition) is 1. The highest BCUT2D eigenvalue weighted by Gasteiger charge is 2.55. The Balaban J connectivity index is 1.07. The molecule has 8 nitrogen and oxygen atoms in total. The van der Waals surface area contributed by atoms with E-state index in [-0.39, 0.29) is 29.5 Å². The molecule has 42 heavy (non-hydrogen) atoms. The predicted molar refractivity (Wildman–Crippen MR) is 164 cm³/mol. The van der Waals surface area contributed by atoms with Crippen LogP contribution in [0.2, 0.25) is 0 Å². The molecule has 0 atom stereocenters. The molecule has 10 rings (SSSR count). The van der Waals surface area contributed by atoms with Crippen molar-refractivity contribution in [2.45, 2.75) is 52.0 Å². The number of nitrogens with one attached hydrogen (secondary N) is 1. The summed E-state index contributed by atoms with van der Waals surface area (Å²) < 4.78 is 13.3. The topological polar surface area (TPSA) is 92.3 Å². The summed E-state index contributed by atoms with van der Waals surface area (Å²) >= 11 is 1.53. The summed E-state index contributed by atoms with van der Waals surface area (Å²) in [6, 6.07) is 14.2. The highest BCUT2D eigenvalue weighted by atomic mass is 32.2. The molecule has 0 spiro atoms. The first-order valence-corrected chi connectivity index (χ1v) is 15.7. The fourth-order valence-electron chi connectivity index (χ4n) is 8.79. The summed E-state index contributed by atoms with van der Waals surface area (Å²) in [5.74, 6) is 3.67. The van der Waals surface area contributed by atoms with E-state index in [9.17, 15) is 4.79 Å². The average Bonchev–Trinajstić information content (AvgIpc) is 3.68. The average molecular weight is 578 g/mol. The molecule has 212 valence electrons. The molecule has 0 unspecified atom stereocenters. The van der Waals surface area contributed by atoms with Crippen LogP contribution < -0.4 is 9.47 Å². The molecule has 0 radical (unpaired) electrons. The van der Waals surface area contributed by atoms with Gasteiger partial charge in [0.2, 0.25) is 12.0 Å². The SMILES string of the molecule is Cc1c(/C=C2\C(=N)N3N=C(C45CC6CC(CC(C6)C4)C5)SC3=NC2=O)c2ccccc2n1Cc1ccc2c(c1)OCO2. The van der Waals surface area contributed by atoms with Crippen LogP contribution in [0.1, 0.15) is 55.3 Å². The predicted octanol–water partition coefficient (Wildman–Crippen LogP) is 6.56. The first kappa shape index (κ1) is 24.7. The molecule has 4 heterocycles. The van der Waals surface area contributed by atoms with Crippen molar-refractivity contribution >= 4 is 50.7 Å². The Bertz CT molecular complexity index is 1780. The van der Waals surface area contributed by atoms with Gasteiger partial charge in [0.1, 0.15) is 5.04 Å². The van der Waals surface area contributed by atoms with Gasteiger partial charge in [-0.25, -0.2) is 0 Å². The number of benzene rings is 2. The maximum absolute atomic E-state index is 13.4. The van der Waals surface area contributed by atoms with Gasteiger partial charge in [0.05, 0.1) is 5.57 Å². The number of aliphatic imine (C=N–C) groups is 1. The lowest BCUT2D eigenvalue weighted by atomic mass is 9.50. The van der Waals surface area contributed by atoms with Crippen molar-refractivity contribution in [3.8, 4) is 11.5 Å². The van der Waals surface area contributed by atoms with Crippen molar-refractivity contribution in [2.75, 3.05) is 6.79 Å². The number of amides is 1. The highest BCUT2D eigenvalue weighted by Crippen LogP contribution is 2.62. The van der Waals surface area contributed by atoms with Crippen molar-refractivity contribution in [3.05, 3.63) is 64.9 Å². The molecular formula is C33H31N5O3S. The zero-order valence-corrected chi connectivity index (χ0v) is 24.2. The number of thioether (sulfide) groups is 1. The monoisotopic (exact) mass is 577 g/mol. The van der Waals surface area contributed by atoms with E-state index in [1.165, 1.54) is 50.3 Å². The summed E-state index contributed by atoms with van der Waals surface area (Å²) in [5.41, 5.74) is 4.49. The Hall–Kier alpha value is -3.85. The summed E-state index contributed by atoms with van der Waals surface area (Å²) in [7, 11) is 0. The van der Waals surface area contributed by atoms with Crippen LogP contribution in [0, 0.1) is 35.5 Å². The molecule has 4 fully saturated rings. The number of rotatable bonds is 4. The second-order valence-corrected chi connectivity index (χ2v) is 13.9. The number of amidine groups is 2. The second-order valence-electron chi connectivity index (χ2n) is 12.9. The van der Waals surface area contributed by atoms with Gasteiger partial charge in [-0.1, -0.05) is 24.3 Å². The van der Waals surface area contributed by atoms with E-state index >= 15 is 0 Å². The van der Waals surface area contributed by atoms with Crippen molar-refractivity contribution in [1.82, 2.24) is 9.58 Å². The molecule has 3 aromatic rings. The lowest BCUT2D eigenvalue weighted by Gasteiger charge is -2.56. The minimum atomic E-state index is -0.368. The standard InChI is InChI=1S/C33H31N5O3S/c1-18-24(23-4-2-3-5-26(23)37(18)16-19-6-7-27-28(11-19)41-17-40-27)12-25-29(34)38-32(35-30(25)39)42-31(36-38)33-13-20-8-21(14-33)10-22(9-20)15-33/h2-7,11-12,20-22,34H,8-10,13-17H2,1H3/b25-12+,34-29?. The smallest absolute Gasteiger partial charge is 0.283 e. The maximum Gasteiger partial charge on any atom is 0.283 e. The molecule has 7 aliphatic rings. The molecule has 4 saturated carbocycles. The first-order valence-electron chi connectivity index (χ1n) is 14.9. The number of hydrogen-bond acceptors (Lipinski definition) is 6. The van der Waals surface area contributed by atoms with Crippen molar-refractivity contribution in [1.29, 1.82) is 5.41 Å². The number of carbonyl (C=O) groups is 1. The van der Waals surface area contributed by atoms with Crippen LogP contribution in [-0.4, -0.2) is 38.3 Å². The molecule has 3 aliphatic heterocycles. The quantitative estimate of drug-likeness (QED) is 0.355. The van der Waals surface area contributed by atoms with Crippen molar-refractivity contribution < 1.29 is 14.3 Å². The molecular weight excluding hydrogens is 546 g/mol. The van der Waals surface area contributed by atoms with Crippen LogP contribution in [0.25, 0.3) is 17.0 Å². The van der Waals surface area contributed by atoms with Gasteiger partial charge in [-0.05, 0) is 105 Å². The number of para-hydroxylation sites is 1. The van der Waals surface area contributed by atoms with Gasteiger partial charge in [-0.15, -0.1) is 0 Å². The van der Waals surface area contributed by atoms with Crippen molar-refractivity contribution in [2.24, 2.45) is 33.3 Å². The summed E-state index contributed by atoms with van der Waals surface area (Å²) in [6.45, 7) is 2.96. The minimum absolute atomic E-state index is 0.102. The van der Waals surface area contributed by atoms with E-state index < -0.39 is 0 Å². The van der Waals surface area contributed by atoms with Crippen LogP contribution in [-0.2, 0) is 11.3 Å². The van der Waals surface area contributed by atoms with Gasteiger partial charge in [-0.2, -0.15) is 15.1 Å². The Morgan fingerprint density at radius 1 is 1.05 bits per heavy atom. The van der Waals surface area contributed by atoms with Gasteiger partial charge in [0.15, 0.2) is 17.3 Å². The van der Waals surface area contributed by atoms with Gasteiger partial charge < -0.3 is 14.0 Å². The number of hydrazone groups is 1. The third-order valence-electron chi connectivity index (χ3n) is 10.3. The number of nitrogens with zero attached hydrogens (tertiary/aromatic N) is 4. The number of fused-ring (bicyclic) bond motifs is 3. The van der Waals surface area contributed by atoms with Crippen LogP contribution in [0.15, 0.2) is 58.1 Å². The Morgan fingerprint density at radius 2 is 1.79 bits per heavy atom. The third kappa shape index (κ3) is 3.62. The molecule has 1 N–H and O–H groups in total. The maximum atomic E-state index is 13.4. The Morgan fingerprint density at radius 3 is 2.57 bits per heavy atom. The first-order chi connectivity index (χ1) is 20.4. The largest absolute Gasteiger partial charge is 0.454 e. The summed E-state index contributed by atoms with van der Waals surface area (Å²) in [4.78, 5) is 17.9. The Kier molecular flexibility index (Phi) is 5.20. The molecule has 2 aromatic carbocycles. The van der Waals surface area contributed by atoms with Gasteiger partial charge in [-0.3, -0.25) is 10.2 Å².